The summed E-state index contributed by atoms with van der Waals surface area (Å²) in [6.07, 6.45) is 4.43. The molecule has 0 radical (unpaired) electrons. The largest absolute Gasteiger partial charge is 0.340 e. The molecule has 0 saturated heterocycles. The molecule has 2 aliphatic rings. The van der Waals surface area contributed by atoms with Crippen LogP contribution in [0.4, 0.5) is 5.82 Å². The number of nitrogens with zero attached hydrogens (tertiary/aromatic N) is 2. The van der Waals surface area contributed by atoms with E-state index >= 15 is 0 Å². The van der Waals surface area contributed by atoms with E-state index in [9.17, 15) is 9.59 Å². The smallest absolute Gasteiger partial charge is 0.251 e. The van der Waals surface area contributed by atoms with Crippen LogP contribution in [0.5, 0.6) is 0 Å². The van der Waals surface area contributed by atoms with Crippen molar-refractivity contribution in [1.29, 1.82) is 0 Å². The molecular weight excluding hydrogens is 400 g/mol. The lowest BCUT2D eigenvalue weighted by Crippen LogP contribution is -2.52. The first-order valence-electron chi connectivity index (χ1n) is 11.4. The Bertz CT molecular complexity index is 1160. The molecule has 2 N–H and O–H groups in total. The number of para-hydroxylation sites is 1. The van der Waals surface area contributed by atoms with Crippen LogP contribution in [0.1, 0.15) is 58.8 Å². The highest BCUT2D eigenvalue weighted by Crippen LogP contribution is 2.46. The Hall–Kier alpha value is -3.41. The molecule has 2 aromatic carbocycles. The molecule has 1 fully saturated rings. The van der Waals surface area contributed by atoms with Gasteiger partial charge in [0.05, 0.1) is 11.4 Å². The van der Waals surface area contributed by atoms with Gasteiger partial charge in [0.25, 0.3) is 5.91 Å². The van der Waals surface area contributed by atoms with Gasteiger partial charge in [0.15, 0.2) is 0 Å². The lowest BCUT2D eigenvalue weighted by Gasteiger charge is -2.36. The molecule has 1 aliphatic heterocycles. The van der Waals surface area contributed by atoms with Crippen molar-refractivity contribution < 1.29 is 9.59 Å². The van der Waals surface area contributed by atoms with E-state index in [-0.39, 0.29) is 17.7 Å². The summed E-state index contributed by atoms with van der Waals surface area (Å²) in [6.45, 7) is 3.95. The van der Waals surface area contributed by atoms with E-state index < -0.39 is 6.04 Å². The molecule has 5 rings (SSSR count). The molecular formula is C26H28N4O2. The summed E-state index contributed by atoms with van der Waals surface area (Å²) in [5, 5.41) is 10.9. The number of carbonyl (C=O) groups excluding carboxylic acids is 2. The molecule has 3 aromatic rings. The van der Waals surface area contributed by atoms with Crippen LogP contribution < -0.4 is 10.6 Å². The predicted octanol–water partition coefficient (Wildman–Crippen LogP) is 4.51. The maximum Gasteiger partial charge on any atom is 0.251 e. The minimum absolute atomic E-state index is 0.0903. The van der Waals surface area contributed by atoms with E-state index in [1.165, 1.54) is 0 Å². The number of benzene rings is 2. The minimum atomic E-state index is -0.620. The summed E-state index contributed by atoms with van der Waals surface area (Å²) in [6, 6.07) is 16.7. The Morgan fingerprint density at radius 2 is 1.81 bits per heavy atom. The average molecular weight is 429 g/mol. The van der Waals surface area contributed by atoms with Crippen LogP contribution in [0.15, 0.2) is 54.6 Å². The fourth-order valence-corrected chi connectivity index (χ4v) is 5.33. The van der Waals surface area contributed by atoms with Crippen LogP contribution in [0, 0.1) is 19.8 Å². The van der Waals surface area contributed by atoms with Crippen molar-refractivity contribution in [1.82, 2.24) is 15.1 Å². The lowest BCUT2D eigenvalue weighted by molar-refractivity contribution is -0.119. The second-order valence-electron chi connectivity index (χ2n) is 8.98. The Morgan fingerprint density at radius 3 is 2.53 bits per heavy atom. The number of hydrogen-bond donors (Lipinski definition) is 2. The Balaban J connectivity index is 1.55. The fraction of sp³-hybridized carbons (Fsp3) is 0.346. The highest BCUT2D eigenvalue weighted by atomic mass is 16.2. The summed E-state index contributed by atoms with van der Waals surface area (Å²) < 4.78 is 1.82. The van der Waals surface area contributed by atoms with Gasteiger partial charge < -0.3 is 10.6 Å². The van der Waals surface area contributed by atoms with Gasteiger partial charge in [0.2, 0.25) is 5.91 Å². The highest BCUT2D eigenvalue weighted by Gasteiger charge is 2.45. The van der Waals surface area contributed by atoms with Crippen molar-refractivity contribution in [2.75, 3.05) is 5.32 Å². The third-order valence-corrected chi connectivity index (χ3v) is 6.80. The SMILES string of the molecule is Cc1cccc(C(=O)N[C@@H]2C(=O)Nc3c(c(C)nn3-c3ccccc3)[C@@H]2C2CCCC2)c1. The summed E-state index contributed by atoms with van der Waals surface area (Å²) in [4.78, 5) is 26.5. The van der Waals surface area contributed by atoms with E-state index in [2.05, 4.69) is 10.6 Å². The van der Waals surface area contributed by atoms with Crippen molar-refractivity contribution >= 4 is 17.6 Å². The van der Waals surface area contributed by atoms with E-state index in [0.29, 0.717) is 11.5 Å². The van der Waals surface area contributed by atoms with Crippen molar-refractivity contribution in [3.8, 4) is 5.69 Å². The molecule has 164 valence electrons. The predicted molar refractivity (Wildman–Crippen MR) is 124 cm³/mol. The van der Waals surface area contributed by atoms with Gasteiger partial charge in [-0.15, -0.1) is 0 Å². The maximum atomic E-state index is 13.4. The van der Waals surface area contributed by atoms with E-state index in [1.807, 2.05) is 67.1 Å². The number of rotatable bonds is 4. The second-order valence-corrected chi connectivity index (χ2v) is 8.98. The Labute approximate surface area is 188 Å². The number of carbonyl (C=O) groups is 2. The highest BCUT2D eigenvalue weighted by molar-refractivity contribution is 6.03. The van der Waals surface area contributed by atoms with Crippen LogP contribution >= 0.6 is 0 Å². The standard InChI is InChI=1S/C26H28N4O2/c1-16-9-8-12-19(15-16)25(31)27-23-22(18-10-6-7-11-18)21-17(2)29-30(24(21)28-26(23)32)20-13-4-3-5-14-20/h3-5,8-9,12-15,18,22-23H,6-7,10-11H2,1-2H3,(H,27,31)(H,28,32)/t22-,23-/m0/s1. The molecule has 6 nitrogen and oxygen atoms in total. The van der Waals surface area contributed by atoms with Gasteiger partial charge in [0.1, 0.15) is 11.9 Å². The molecule has 2 amide bonds. The van der Waals surface area contributed by atoms with Crippen molar-refractivity contribution in [2.24, 2.45) is 5.92 Å². The van der Waals surface area contributed by atoms with E-state index in [0.717, 1.165) is 54.0 Å². The number of amides is 2. The molecule has 1 aromatic heterocycles. The molecule has 6 heteroatoms. The molecule has 0 bridgehead atoms. The number of anilines is 1. The van der Waals surface area contributed by atoms with E-state index in [4.69, 9.17) is 5.10 Å². The van der Waals surface area contributed by atoms with Gasteiger partial charge in [-0.3, -0.25) is 9.59 Å². The minimum Gasteiger partial charge on any atom is -0.340 e. The molecule has 1 saturated carbocycles. The first-order chi connectivity index (χ1) is 15.5. The number of aryl methyl sites for hydroxylation is 2. The van der Waals surface area contributed by atoms with Crippen LogP contribution in [0.2, 0.25) is 0 Å². The molecule has 32 heavy (non-hydrogen) atoms. The number of nitrogens with one attached hydrogen (secondary N) is 2. The second kappa shape index (κ2) is 8.26. The lowest BCUT2D eigenvalue weighted by atomic mass is 9.77. The maximum absolute atomic E-state index is 13.4. The molecule has 0 unspecified atom stereocenters. The summed E-state index contributed by atoms with van der Waals surface area (Å²) in [7, 11) is 0. The third kappa shape index (κ3) is 3.60. The molecule has 2 heterocycles. The van der Waals surface area contributed by atoms with E-state index in [1.54, 1.807) is 6.07 Å². The summed E-state index contributed by atoms with van der Waals surface area (Å²) in [5.41, 5.74) is 4.45. The molecule has 1 aliphatic carbocycles. The quantitative estimate of drug-likeness (QED) is 0.642. The van der Waals surface area contributed by atoms with Gasteiger partial charge in [0, 0.05) is 17.0 Å². The van der Waals surface area contributed by atoms with Gasteiger partial charge >= 0.3 is 0 Å². The van der Waals surface area contributed by atoms with Crippen LogP contribution in [0.25, 0.3) is 5.69 Å². The normalized spacial score (nSPS) is 20.6. The first kappa shape index (κ1) is 20.5. The van der Waals surface area contributed by atoms with Crippen LogP contribution in [-0.4, -0.2) is 27.6 Å². The van der Waals surface area contributed by atoms with Crippen LogP contribution in [0.3, 0.4) is 0 Å². The van der Waals surface area contributed by atoms with Gasteiger partial charge in [-0.1, -0.05) is 48.7 Å². The third-order valence-electron chi connectivity index (χ3n) is 6.80. The van der Waals surface area contributed by atoms with Crippen molar-refractivity contribution in [3.63, 3.8) is 0 Å². The molecule has 0 spiro atoms. The first-order valence-corrected chi connectivity index (χ1v) is 11.4. The van der Waals surface area contributed by atoms with Gasteiger partial charge in [-0.05, 0) is 56.9 Å². The summed E-state index contributed by atoms with van der Waals surface area (Å²) in [5.74, 6) is 0.597. The van der Waals surface area contributed by atoms with Crippen LogP contribution in [-0.2, 0) is 4.79 Å². The topological polar surface area (TPSA) is 76.0 Å². The Kier molecular flexibility index (Phi) is 5.29. The fourth-order valence-electron chi connectivity index (χ4n) is 5.33. The zero-order valence-corrected chi connectivity index (χ0v) is 18.5. The monoisotopic (exact) mass is 428 g/mol. The van der Waals surface area contributed by atoms with Crippen molar-refractivity contribution in [3.05, 3.63) is 77.0 Å². The number of fused-ring (bicyclic) bond motifs is 1. The van der Waals surface area contributed by atoms with Gasteiger partial charge in [-0.2, -0.15) is 5.10 Å². The Morgan fingerprint density at radius 1 is 1.06 bits per heavy atom. The molecule has 2 atom stereocenters. The number of aromatic nitrogens is 2. The zero-order chi connectivity index (χ0) is 22.2. The van der Waals surface area contributed by atoms with Crippen molar-refractivity contribution in [2.45, 2.75) is 51.5 Å². The number of hydrogen-bond acceptors (Lipinski definition) is 3. The summed E-state index contributed by atoms with van der Waals surface area (Å²) >= 11 is 0. The van der Waals surface area contributed by atoms with Gasteiger partial charge in [-0.25, -0.2) is 4.68 Å². The zero-order valence-electron chi connectivity index (χ0n) is 18.5. The average Bonchev–Trinajstić information content (AvgIpc) is 3.43.